The van der Waals surface area contributed by atoms with Crippen molar-refractivity contribution in [3.63, 3.8) is 0 Å². The highest BCUT2D eigenvalue weighted by atomic mass is 32.2. The summed E-state index contributed by atoms with van der Waals surface area (Å²) in [5.41, 5.74) is 0. The average molecular weight is 326 g/mol. The fraction of sp³-hybridized carbons (Fsp3) is 0.800. The molecule has 0 spiro atoms. The van der Waals surface area contributed by atoms with Crippen LogP contribution >= 0.6 is 0 Å². The van der Waals surface area contributed by atoms with Gasteiger partial charge in [-0.2, -0.15) is 4.31 Å². The topological polar surface area (TPSA) is 58.4 Å². The van der Waals surface area contributed by atoms with Crippen LogP contribution in [0.25, 0.3) is 0 Å². The number of nitrogens with zero attached hydrogens (tertiary/aromatic N) is 4. The van der Waals surface area contributed by atoms with Crippen LogP contribution in [0.3, 0.4) is 0 Å². The molecule has 3 heterocycles. The molecule has 3 rings (SSSR count). The first-order valence-corrected chi connectivity index (χ1v) is 9.64. The van der Waals surface area contributed by atoms with Crippen LogP contribution in [0, 0.1) is 5.92 Å². The molecule has 1 aromatic rings. The monoisotopic (exact) mass is 326 g/mol. The molecule has 0 unspecified atom stereocenters. The standard InChI is InChI=1S/C15H26N4O2S/c1-13-3-8-18(9-4-13)14-5-10-19(11-6-14)22(20,21)15-16-7-12-17(15)2/h7,12-14H,3-6,8-11H2,1-2H3. The number of imidazole rings is 1. The second-order valence-electron chi connectivity index (χ2n) is 6.67. The molecule has 124 valence electrons. The van der Waals surface area contributed by atoms with E-state index in [9.17, 15) is 8.42 Å². The summed E-state index contributed by atoms with van der Waals surface area (Å²) in [5.74, 6) is 0.833. The lowest BCUT2D eigenvalue weighted by molar-refractivity contribution is 0.101. The summed E-state index contributed by atoms with van der Waals surface area (Å²) in [6, 6.07) is 0.542. The van der Waals surface area contributed by atoms with Gasteiger partial charge in [-0.1, -0.05) is 6.92 Å². The summed E-state index contributed by atoms with van der Waals surface area (Å²) in [7, 11) is -1.72. The average Bonchev–Trinajstić information content (AvgIpc) is 2.95. The minimum atomic E-state index is -3.45. The van der Waals surface area contributed by atoms with Crippen LogP contribution in [0.1, 0.15) is 32.6 Å². The normalized spacial score (nSPS) is 23.9. The lowest BCUT2D eigenvalue weighted by Crippen LogP contribution is -2.49. The van der Waals surface area contributed by atoms with E-state index in [4.69, 9.17) is 0 Å². The summed E-state index contributed by atoms with van der Waals surface area (Å²) >= 11 is 0. The third-order valence-electron chi connectivity index (χ3n) is 5.11. The highest BCUT2D eigenvalue weighted by molar-refractivity contribution is 7.89. The Kier molecular flexibility index (Phi) is 4.56. The van der Waals surface area contributed by atoms with Gasteiger partial charge in [0.05, 0.1) is 0 Å². The van der Waals surface area contributed by atoms with Crippen LogP contribution in [0.2, 0.25) is 0 Å². The van der Waals surface area contributed by atoms with E-state index < -0.39 is 10.0 Å². The Morgan fingerprint density at radius 2 is 1.73 bits per heavy atom. The molecule has 2 saturated heterocycles. The second kappa shape index (κ2) is 6.29. The number of rotatable bonds is 3. The molecule has 7 heteroatoms. The van der Waals surface area contributed by atoms with Crippen molar-refractivity contribution < 1.29 is 8.42 Å². The van der Waals surface area contributed by atoms with E-state index in [0.29, 0.717) is 19.1 Å². The number of piperidine rings is 2. The zero-order valence-corrected chi connectivity index (χ0v) is 14.3. The molecule has 0 radical (unpaired) electrons. The van der Waals surface area contributed by atoms with Crippen molar-refractivity contribution >= 4 is 10.0 Å². The first-order valence-electron chi connectivity index (χ1n) is 8.20. The fourth-order valence-electron chi connectivity index (χ4n) is 3.56. The van der Waals surface area contributed by atoms with Gasteiger partial charge in [-0.05, 0) is 44.7 Å². The molecule has 0 atom stereocenters. The molecule has 2 fully saturated rings. The van der Waals surface area contributed by atoms with Crippen molar-refractivity contribution in [2.45, 2.75) is 43.8 Å². The third kappa shape index (κ3) is 3.07. The smallest absolute Gasteiger partial charge is 0.277 e. The Hall–Kier alpha value is -0.920. The first kappa shape index (κ1) is 16.0. The zero-order chi connectivity index (χ0) is 15.7. The molecule has 6 nitrogen and oxygen atoms in total. The number of aromatic nitrogens is 2. The number of hydrogen-bond donors (Lipinski definition) is 0. The second-order valence-corrected chi connectivity index (χ2v) is 8.51. The zero-order valence-electron chi connectivity index (χ0n) is 13.5. The lowest BCUT2D eigenvalue weighted by atomic mass is 9.95. The van der Waals surface area contributed by atoms with Crippen LogP contribution in [0.15, 0.2) is 17.6 Å². The van der Waals surface area contributed by atoms with Gasteiger partial charge in [0.25, 0.3) is 10.0 Å². The quantitative estimate of drug-likeness (QED) is 0.840. The van der Waals surface area contributed by atoms with E-state index in [1.165, 1.54) is 19.0 Å². The van der Waals surface area contributed by atoms with E-state index in [0.717, 1.165) is 31.8 Å². The van der Waals surface area contributed by atoms with Gasteiger partial charge in [-0.15, -0.1) is 0 Å². The lowest BCUT2D eigenvalue weighted by Gasteiger charge is -2.40. The van der Waals surface area contributed by atoms with Crippen molar-refractivity contribution in [1.29, 1.82) is 0 Å². The van der Waals surface area contributed by atoms with Gasteiger partial charge in [-0.25, -0.2) is 13.4 Å². The molecule has 0 saturated carbocycles. The predicted octanol–water partition coefficient (Wildman–Crippen LogP) is 1.31. The fourth-order valence-corrected chi connectivity index (χ4v) is 5.10. The molecule has 22 heavy (non-hydrogen) atoms. The van der Waals surface area contributed by atoms with Crippen LogP contribution in [0.5, 0.6) is 0 Å². The maximum absolute atomic E-state index is 12.6. The van der Waals surface area contributed by atoms with Crippen molar-refractivity contribution in [3.8, 4) is 0 Å². The number of hydrogen-bond acceptors (Lipinski definition) is 4. The largest absolute Gasteiger partial charge is 0.324 e. The summed E-state index contributed by atoms with van der Waals surface area (Å²) < 4.78 is 28.4. The molecule has 1 aromatic heterocycles. The molecule has 2 aliphatic rings. The van der Waals surface area contributed by atoms with Gasteiger partial charge in [0.1, 0.15) is 0 Å². The van der Waals surface area contributed by atoms with E-state index >= 15 is 0 Å². The van der Waals surface area contributed by atoms with Gasteiger partial charge >= 0.3 is 0 Å². The summed E-state index contributed by atoms with van der Waals surface area (Å²) in [6.45, 7) is 5.85. The van der Waals surface area contributed by atoms with E-state index in [2.05, 4.69) is 16.8 Å². The van der Waals surface area contributed by atoms with Crippen LogP contribution in [-0.2, 0) is 17.1 Å². The minimum Gasteiger partial charge on any atom is -0.324 e. The summed E-state index contributed by atoms with van der Waals surface area (Å²) in [6.07, 6.45) is 7.61. The third-order valence-corrected chi connectivity index (χ3v) is 7.01. The van der Waals surface area contributed by atoms with Gasteiger partial charge < -0.3 is 9.47 Å². The van der Waals surface area contributed by atoms with Crippen molar-refractivity contribution in [3.05, 3.63) is 12.4 Å². The predicted molar refractivity (Wildman–Crippen MR) is 85.0 cm³/mol. The Balaban J connectivity index is 1.61. The highest BCUT2D eigenvalue weighted by Crippen LogP contribution is 2.25. The van der Waals surface area contributed by atoms with Gasteiger partial charge in [0.2, 0.25) is 5.16 Å². The Morgan fingerprint density at radius 1 is 1.09 bits per heavy atom. The molecule has 2 aliphatic heterocycles. The molecular formula is C15H26N4O2S. The molecule has 0 amide bonds. The number of sulfonamides is 1. The molecule has 0 bridgehead atoms. The van der Waals surface area contributed by atoms with Crippen molar-refractivity contribution in [1.82, 2.24) is 18.8 Å². The van der Waals surface area contributed by atoms with Gasteiger partial charge in [0, 0.05) is 38.6 Å². The maximum Gasteiger partial charge on any atom is 0.277 e. The number of aryl methyl sites for hydroxylation is 1. The summed E-state index contributed by atoms with van der Waals surface area (Å²) in [4.78, 5) is 6.56. The Labute approximate surface area is 133 Å². The molecule has 0 N–H and O–H groups in total. The Morgan fingerprint density at radius 3 is 2.27 bits per heavy atom. The molecule has 0 aliphatic carbocycles. The van der Waals surface area contributed by atoms with Crippen molar-refractivity contribution in [2.75, 3.05) is 26.2 Å². The van der Waals surface area contributed by atoms with Crippen LogP contribution in [0.4, 0.5) is 0 Å². The van der Waals surface area contributed by atoms with Gasteiger partial charge in [0.15, 0.2) is 0 Å². The first-order chi connectivity index (χ1) is 10.5. The summed E-state index contributed by atoms with van der Waals surface area (Å²) in [5, 5.41) is 0.151. The highest BCUT2D eigenvalue weighted by Gasteiger charge is 2.34. The molecular weight excluding hydrogens is 300 g/mol. The minimum absolute atomic E-state index is 0.151. The molecule has 0 aromatic carbocycles. The SMILES string of the molecule is CC1CCN(C2CCN(S(=O)(=O)c3nccn3C)CC2)CC1. The Bertz CT molecular complexity index is 597. The van der Waals surface area contributed by atoms with E-state index in [-0.39, 0.29) is 5.16 Å². The maximum atomic E-state index is 12.6. The van der Waals surface area contributed by atoms with E-state index in [1.807, 2.05) is 0 Å². The van der Waals surface area contributed by atoms with Crippen LogP contribution < -0.4 is 0 Å². The van der Waals surface area contributed by atoms with E-state index in [1.54, 1.807) is 22.1 Å². The number of likely N-dealkylation sites (tertiary alicyclic amines) is 1. The van der Waals surface area contributed by atoms with Crippen molar-refractivity contribution in [2.24, 2.45) is 13.0 Å². The van der Waals surface area contributed by atoms with Crippen LogP contribution in [-0.4, -0.2) is 59.4 Å². The van der Waals surface area contributed by atoms with Gasteiger partial charge in [-0.3, -0.25) is 0 Å².